The van der Waals surface area contributed by atoms with Crippen LogP contribution in [0.4, 0.5) is 10.2 Å². The van der Waals surface area contributed by atoms with Gasteiger partial charge in [-0.3, -0.25) is 4.79 Å². The Kier molecular flexibility index (Phi) is 6.72. The van der Waals surface area contributed by atoms with Crippen molar-refractivity contribution < 1.29 is 23.5 Å². The van der Waals surface area contributed by atoms with Crippen molar-refractivity contribution in [2.75, 3.05) is 18.5 Å². The van der Waals surface area contributed by atoms with Gasteiger partial charge in [-0.25, -0.2) is 14.1 Å². The summed E-state index contributed by atoms with van der Waals surface area (Å²) in [5.74, 6) is 0.144. The van der Waals surface area contributed by atoms with E-state index in [1.54, 1.807) is 25.2 Å². The van der Waals surface area contributed by atoms with Crippen LogP contribution in [-0.2, 0) is 32.8 Å². The molecule has 166 valence electrons. The number of halogens is 1. The van der Waals surface area contributed by atoms with Crippen molar-refractivity contribution >= 4 is 17.4 Å². The van der Waals surface area contributed by atoms with Gasteiger partial charge in [0.05, 0.1) is 18.9 Å². The van der Waals surface area contributed by atoms with Crippen molar-refractivity contribution in [3.63, 3.8) is 0 Å². The number of alkyl halides is 1. The number of ether oxygens (including phenoxy) is 2. The van der Waals surface area contributed by atoms with Crippen LogP contribution in [0, 0.1) is 0 Å². The van der Waals surface area contributed by atoms with Gasteiger partial charge >= 0.3 is 0 Å². The summed E-state index contributed by atoms with van der Waals surface area (Å²) in [6.45, 7) is -0.352. The lowest BCUT2D eigenvalue weighted by molar-refractivity contribution is -0.201. The van der Waals surface area contributed by atoms with Crippen LogP contribution >= 0.6 is 0 Å². The number of carbonyl (C=O) groups excluding carboxylic acids is 1. The minimum atomic E-state index is -1.24. The topological polar surface area (TPSA) is 126 Å². The van der Waals surface area contributed by atoms with Crippen molar-refractivity contribution in [1.29, 1.82) is 0 Å². The zero-order valence-electron chi connectivity index (χ0n) is 17.1. The maximum absolute atomic E-state index is 13.1. The molecule has 3 heterocycles. The van der Waals surface area contributed by atoms with Crippen molar-refractivity contribution in [2.24, 2.45) is 12.2 Å². The first kappa shape index (κ1) is 21.5. The number of anilines is 1. The Bertz CT molecular complexity index is 1080. The quantitative estimate of drug-likeness (QED) is 0.429. The first-order valence-corrected chi connectivity index (χ1v) is 9.72. The highest BCUT2D eigenvalue weighted by atomic mass is 19.1. The number of pyridine rings is 1. The molecule has 11 nitrogen and oxygen atoms in total. The molecule has 1 aliphatic heterocycles. The first-order chi connectivity index (χ1) is 15.6. The smallest absolute Gasteiger partial charge is 0.282 e. The molecule has 0 saturated carbocycles. The van der Waals surface area contributed by atoms with Crippen molar-refractivity contribution in [2.45, 2.75) is 19.1 Å². The predicted octanol–water partition coefficient (Wildman–Crippen LogP) is 1.22. The molecule has 1 aliphatic rings. The van der Waals surface area contributed by atoms with Crippen LogP contribution in [-0.4, -0.2) is 62.5 Å². The van der Waals surface area contributed by atoms with Crippen LogP contribution in [0.15, 0.2) is 53.7 Å². The molecule has 1 saturated heterocycles. The molecule has 0 aliphatic carbocycles. The van der Waals surface area contributed by atoms with Gasteiger partial charge in [0, 0.05) is 12.6 Å². The predicted molar refractivity (Wildman–Crippen MR) is 109 cm³/mol. The van der Waals surface area contributed by atoms with Crippen LogP contribution in [0.2, 0.25) is 0 Å². The molecule has 1 fully saturated rings. The van der Waals surface area contributed by atoms with Gasteiger partial charge in [-0.1, -0.05) is 41.6 Å². The first-order valence-electron chi connectivity index (χ1n) is 9.72. The third kappa shape index (κ3) is 5.28. The Morgan fingerprint density at radius 1 is 1.22 bits per heavy atom. The van der Waals surface area contributed by atoms with E-state index in [9.17, 15) is 9.18 Å². The summed E-state index contributed by atoms with van der Waals surface area (Å²) in [6.07, 6.45) is -2.42. The maximum Gasteiger partial charge on any atom is 0.282 e. The molecule has 2 aromatic heterocycles. The Balaban J connectivity index is 1.42. The van der Waals surface area contributed by atoms with Gasteiger partial charge in [-0.2, -0.15) is 0 Å². The Hall–Kier alpha value is -3.77. The largest absolute Gasteiger partial charge is 0.389 e. The average molecular weight is 441 g/mol. The van der Waals surface area contributed by atoms with Crippen LogP contribution in [0.1, 0.15) is 17.1 Å². The fourth-order valence-corrected chi connectivity index (χ4v) is 2.86. The Labute approximate surface area is 182 Å². The summed E-state index contributed by atoms with van der Waals surface area (Å²) < 4.78 is 24.6. The molecule has 1 amide bonds. The van der Waals surface area contributed by atoms with Gasteiger partial charge in [0.1, 0.15) is 12.0 Å². The maximum atomic E-state index is 13.1. The third-order valence-electron chi connectivity index (χ3n) is 4.38. The number of nitrogens with one attached hydrogen (secondary N) is 1. The molecule has 0 atom stereocenters. The van der Waals surface area contributed by atoms with Crippen molar-refractivity contribution in [1.82, 2.24) is 25.2 Å². The molecular weight excluding hydrogens is 421 g/mol. The molecule has 0 radical (unpaired) electrons. The molecule has 12 heteroatoms. The Morgan fingerprint density at radius 2 is 2.00 bits per heavy atom. The van der Waals surface area contributed by atoms with Gasteiger partial charge in [0.25, 0.3) is 5.91 Å². The van der Waals surface area contributed by atoms with E-state index in [4.69, 9.17) is 14.3 Å². The molecular formula is C20H20FN7O4. The van der Waals surface area contributed by atoms with E-state index >= 15 is 0 Å². The molecule has 0 bridgehead atoms. The number of tetrazole rings is 1. The molecule has 32 heavy (non-hydrogen) atoms. The lowest BCUT2D eigenvalue weighted by atomic mass is 10.1. The van der Waals surface area contributed by atoms with E-state index in [-0.39, 0.29) is 25.6 Å². The van der Waals surface area contributed by atoms with Gasteiger partial charge in [-0.05, 0) is 22.6 Å². The Morgan fingerprint density at radius 3 is 2.72 bits per heavy atom. The number of oxime groups is 1. The summed E-state index contributed by atoms with van der Waals surface area (Å²) >= 11 is 0. The highest BCUT2D eigenvalue weighted by molar-refractivity contribution is 6.10. The van der Waals surface area contributed by atoms with Crippen LogP contribution in [0.25, 0.3) is 0 Å². The zero-order chi connectivity index (χ0) is 22.3. The second-order valence-electron chi connectivity index (χ2n) is 6.80. The monoisotopic (exact) mass is 441 g/mol. The van der Waals surface area contributed by atoms with E-state index in [2.05, 4.69) is 31.0 Å². The lowest BCUT2D eigenvalue weighted by Crippen LogP contribution is -2.41. The summed E-state index contributed by atoms with van der Waals surface area (Å²) in [7, 11) is 1.70. The summed E-state index contributed by atoms with van der Waals surface area (Å²) in [5, 5.41) is 18.3. The van der Waals surface area contributed by atoms with Crippen LogP contribution in [0.3, 0.4) is 0 Å². The number of rotatable bonds is 7. The number of hydrogen-bond donors (Lipinski definition) is 1. The van der Waals surface area contributed by atoms with E-state index in [0.29, 0.717) is 17.2 Å². The average Bonchev–Trinajstić information content (AvgIpc) is 3.23. The number of aryl methyl sites for hydroxylation is 1. The lowest BCUT2D eigenvalue weighted by Gasteiger charge is -2.24. The highest BCUT2D eigenvalue weighted by Crippen LogP contribution is 2.13. The molecule has 3 aromatic rings. The number of carbonyl (C=O) groups is 1. The zero-order valence-corrected chi connectivity index (χ0v) is 17.1. The molecule has 1 aromatic carbocycles. The molecule has 1 N–H and O–H groups in total. The van der Waals surface area contributed by atoms with E-state index in [0.717, 1.165) is 5.56 Å². The molecule has 0 unspecified atom stereocenters. The van der Waals surface area contributed by atoms with Crippen LogP contribution in [0.5, 0.6) is 0 Å². The molecule has 4 rings (SSSR count). The summed E-state index contributed by atoms with van der Waals surface area (Å²) in [5.41, 5.74) is 1.76. The van der Waals surface area contributed by atoms with Crippen LogP contribution < -0.4 is 5.32 Å². The number of nitrogens with zero attached hydrogens (tertiary/aromatic N) is 6. The van der Waals surface area contributed by atoms with E-state index in [1.807, 2.05) is 30.3 Å². The second kappa shape index (κ2) is 10.0. The highest BCUT2D eigenvalue weighted by Gasteiger charge is 2.28. The summed E-state index contributed by atoms with van der Waals surface area (Å²) in [4.78, 5) is 22.0. The summed E-state index contributed by atoms with van der Waals surface area (Å²) in [6, 6.07) is 14.4. The fourth-order valence-electron chi connectivity index (χ4n) is 2.86. The van der Waals surface area contributed by atoms with Gasteiger partial charge < -0.3 is 19.6 Å². The fraction of sp³-hybridized carbons (Fsp3) is 0.300. The number of aromatic nitrogens is 5. The van der Waals surface area contributed by atoms with Gasteiger partial charge in [-0.15, -0.1) is 5.10 Å². The van der Waals surface area contributed by atoms with Gasteiger partial charge in [0.2, 0.25) is 12.1 Å². The third-order valence-corrected chi connectivity index (χ3v) is 4.38. The van der Waals surface area contributed by atoms with Crippen molar-refractivity contribution in [3.05, 3.63) is 65.6 Å². The number of amides is 1. The molecule has 0 spiro atoms. The minimum Gasteiger partial charge on any atom is -0.389 e. The number of hydrogen-bond acceptors (Lipinski definition) is 9. The number of benzene rings is 1. The second-order valence-corrected chi connectivity index (χ2v) is 6.80. The van der Waals surface area contributed by atoms with E-state index in [1.165, 1.54) is 4.68 Å². The normalized spacial score (nSPS) is 18.9. The standard InChI is InChI=1S/C20H20FN7O4/c1-28-18(24-26-27-28)17(13-6-3-2-4-7-13)25-32-12-15-8-5-9-16(22-15)23-19(29)20-30-10-14(21)11-31-20/h2-9,14,20H,10-12H2,1H3,(H,22,23,29)/b25-17-. The van der Waals surface area contributed by atoms with Crippen molar-refractivity contribution in [3.8, 4) is 0 Å². The minimum absolute atomic E-state index is 0.0330. The van der Waals surface area contributed by atoms with E-state index < -0.39 is 18.4 Å². The van der Waals surface area contributed by atoms with Gasteiger partial charge in [0.15, 0.2) is 12.3 Å². The SMILES string of the molecule is Cn1nnnc1/C(=N\OCc1cccc(NC(=O)C2OCC(F)CO2)n1)c1ccccc1.